The van der Waals surface area contributed by atoms with Crippen molar-refractivity contribution in [1.29, 1.82) is 0 Å². The van der Waals surface area contributed by atoms with E-state index >= 15 is 0 Å². The number of hydrogen-bond donors (Lipinski definition) is 1. The van der Waals surface area contributed by atoms with E-state index < -0.39 is 0 Å². The molecule has 0 amide bonds. The fourth-order valence-corrected chi connectivity index (χ4v) is 1.41. The molecule has 0 aromatic rings. The van der Waals surface area contributed by atoms with Crippen LogP contribution >= 0.6 is 12.4 Å². The molecule has 1 fully saturated rings. The molecule has 0 aromatic carbocycles. The second-order valence-corrected chi connectivity index (χ2v) is 2.93. The third-order valence-electron chi connectivity index (χ3n) is 2.07. The van der Waals surface area contributed by atoms with Crippen molar-refractivity contribution in [1.82, 2.24) is 0 Å². The molecule has 0 aliphatic heterocycles. The lowest BCUT2D eigenvalue weighted by Crippen LogP contribution is -2.01. The first-order chi connectivity index (χ1) is 4.93. The quantitative estimate of drug-likeness (QED) is 0.448. The maximum absolute atomic E-state index is 8.50. The molecule has 66 valence electrons. The van der Waals surface area contributed by atoms with Crippen molar-refractivity contribution in [3.05, 3.63) is 0 Å². The molecule has 0 atom stereocenters. The molecule has 0 saturated heterocycles. The summed E-state index contributed by atoms with van der Waals surface area (Å²) in [4.78, 5) is 0. The van der Waals surface area contributed by atoms with E-state index in [1.165, 1.54) is 32.1 Å². The van der Waals surface area contributed by atoms with Gasteiger partial charge < -0.3 is 5.21 Å². The van der Waals surface area contributed by atoms with Gasteiger partial charge in [-0.3, -0.25) is 0 Å². The van der Waals surface area contributed by atoms with Crippen LogP contribution in [-0.4, -0.2) is 10.9 Å². The van der Waals surface area contributed by atoms with E-state index in [0.717, 1.165) is 18.6 Å². The average Bonchev–Trinajstić information content (AvgIpc) is 1.87. The zero-order chi connectivity index (χ0) is 7.23. The van der Waals surface area contributed by atoms with Crippen molar-refractivity contribution < 1.29 is 5.21 Å². The van der Waals surface area contributed by atoms with E-state index in [9.17, 15) is 0 Å². The Morgan fingerprint density at radius 1 is 0.909 bits per heavy atom. The predicted octanol–water partition coefficient (Wildman–Crippen LogP) is 2.98. The smallest absolute Gasteiger partial charge is 0.0570 e. The minimum Gasteiger partial charge on any atom is -0.411 e. The highest BCUT2D eigenvalue weighted by Crippen LogP contribution is 2.14. The third kappa shape index (κ3) is 4.25. The monoisotopic (exact) mass is 177 g/mol. The maximum atomic E-state index is 8.50. The summed E-state index contributed by atoms with van der Waals surface area (Å²) in [7, 11) is 0. The van der Waals surface area contributed by atoms with Crippen LogP contribution in [0, 0.1) is 0 Å². The van der Waals surface area contributed by atoms with Gasteiger partial charge in [-0.25, -0.2) is 0 Å². The first-order valence-corrected chi connectivity index (χ1v) is 4.13. The number of rotatable bonds is 0. The van der Waals surface area contributed by atoms with Crippen molar-refractivity contribution in [2.45, 2.75) is 44.9 Å². The third-order valence-corrected chi connectivity index (χ3v) is 2.07. The van der Waals surface area contributed by atoms with Gasteiger partial charge in [0.15, 0.2) is 0 Å². The lowest BCUT2D eigenvalue weighted by molar-refractivity contribution is 0.315. The standard InChI is InChI=1S/C8H15NO.ClH/c10-9-8-6-4-2-1-3-5-7-8;/h10H,1-7H2;1H. The highest BCUT2D eigenvalue weighted by Gasteiger charge is 2.03. The van der Waals surface area contributed by atoms with Crippen LogP contribution in [0.4, 0.5) is 0 Å². The van der Waals surface area contributed by atoms with Crippen molar-refractivity contribution in [2.24, 2.45) is 5.16 Å². The summed E-state index contributed by atoms with van der Waals surface area (Å²) >= 11 is 0. The van der Waals surface area contributed by atoms with E-state index in [1.54, 1.807) is 0 Å². The number of halogens is 1. The molecule has 0 aromatic heterocycles. The Morgan fingerprint density at radius 3 is 1.82 bits per heavy atom. The lowest BCUT2D eigenvalue weighted by atomic mass is 9.99. The van der Waals surface area contributed by atoms with Gasteiger partial charge in [0.1, 0.15) is 0 Å². The van der Waals surface area contributed by atoms with Crippen molar-refractivity contribution >= 4 is 18.1 Å². The van der Waals surface area contributed by atoms with Crippen LogP contribution in [0.5, 0.6) is 0 Å². The number of nitrogens with zero attached hydrogens (tertiary/aromatic N) is 1. The summed E-state index contributed by atoms with van der Waals surface area (Å²) in [5.41, 5.74) is 1.000. The Bertz CT molecular complexity index is 115. The summed E-state index contributed by atoms with van der Waals surface area (Å²) in [5, 5.41) is 11.8. The van der Waals surface area contributed by atoms with Crippen LogP contribution in [0.2, 0.25) is 0 Å². The first-order valence-electron chi connectivity index (χ1n) is 4.13. The van der Waals surface area contributed by atoms with Crippen LogP contribution in [0.25, 0.3) is 0 Å². The van der Waals surface area contributed by atoms with Crippen LogP contribution in [0.3, 0.4) is 0 Å². The molecule has 0 heterocycles. The molecule has 3 heteroatoms. The molecule has 1 N–H and O–H groups in total. The molecule has 0 unspecified atom stereocenters. The van der Waals surface area contributed by atoms with E-state index in [2.05, 4.69) is 5.16 Å². The fraction of sp³-hybridized carbons (Fsp3) is 0.875. The molecule has 0 bridgehead atoms. The zero-order valence-electron chi connectivity index (χ0n) is 6.75. The predicted molar refractivity (Wildman–Crippen MR) is 48.8 cm³/mol. The van der Waals surface area contributed by atoms with Crippen molar-refractivity contribution in [3.8, 4) is 0 Å². The van der Waals surface area contributed by atoms with E-state index in [0.29, 0.717) is 0 Å². The fourth-order valence-electron chi connectivity index (χ4n) is 1.41. The number of oxime groups is 1. The Morgan fingerprint density at radius 2 is 1.36 bits per heavy atom. The van der Waals surface area contributed by atoms with Crippen LogP contribution in [0.1, 0.15) is 44.9 Å². The van der Waals surface area contributed by atoms with Gasteiger partial charge in [0, 0.05) is 0 Å². The molecular formula is C8H16ClNO. The van der Waals surface area contributed by atoms with Crippen LogP contribution in [-0.2, 0) is 0 Å². The molecule has 1 aliphatic rings. The molecule has 11 heavy (non-hydrogen) atoms. The summed E-state index contributed by atoms with van der Waals surface area (Å²) in [5.74, 6) is 0. The highest BCUT2D eigenvalue weighted by atomic mass is 35.5. The molecule has 2 nitrogen and oxygen atoms in total. The van der Waals surface area contributed by atoms with Gasteiger partial charge in [-0.05, 0) is 25.7 Å². The van der Waals surface area contributed by atoms with Gasteiger partial charge >= 0.3 is 0 Å². The van der Waals surface area contributed by atoms with E-state index in [-0.39, 0.29) is 12.4 Å². The minimum atomic E-state index is 0. The second-order valence-electron chi connectivity index (χ2n) is 2.93. The van der Waals surface area contributed by atoms with Crippen LogP contribution in [0.15, 0.2) is 5.16 Å². The van der Waals surface area contributed by atoms with Gasteiger partial charge in [0.2, 0.25) is 0 Å². The molecule has 0 spiro atoms. The topological polar surface area (TPSA) is 32.6 Å². The van der Waals surface area contributed by atoms with Gasteiger partial charge in [-0.15, -0.1) is 12.4 Å². The van der Waals surface area contributed by atoms with Crippen molar-refractivity contribution in [3.63, 3.8) is 0 Å². The normalized spacial score (nSPS) is 19.5. The Labute approximate surface area is 74.1 Å². The summed E-state index contributed by atoms with van der Waals surface area (Å²) in [6.07, 6.45) is 8.41. The van der Waals surface area contributed by atoms with Crippen molar-refractivity contribution in [2.75, 3.05) is 0 Å². The maximum Gasteiger partial charge on any atom is 0.0570 e. The van der Waals surface area contributed by atoms with E-state index in [4.69, 9.17) is 5.21 Å². The lowest BCUT2D eigenvalue weighted by Gasteiger charge is -2.08. The Balaban J connectivity index is 0.000001000. The number of hydrogen-bond acceptors (Lipinski definition) is 2. The van der Waals surface area contributed by atoms with Gasteiger partial charge in [0.05, 0.1) is 5.71 Å². The first kappa shape index (κ1) is 10.8. The Hall–Kier alpha value is -0.240. The van der Waals surface area contributed by atoms with Gasteiger partial charge in [-0.1, -0.05) is 24.4 Å². The molecule has 1 rings (SSSR count). The zero-order valence-corrected chi connectivity index (χ0v) is 7.57. The minimum absolute atomic E-state index is 0. The van der Waals surface area contributed by atoms with Gasteiger partial charge in [-0.2, -0.15) is 0 Å². The van der Waals surface area contributed by atoms with E-state index in [1.807, 2.05) is 0 Å². The molecule has 1 aliphatic carbocycles. The highest BCUT2D eigenvalue weighted by molar-refractivity contribution is 5.85. The summed E-state index contributed by atoms with van der Waals surface area (Å²) in [6.45, 7) is 0. The summed E-state index contributed by atoms with van der Waals surface area (Å²) < 4.78 is 0. The SMILES string of the molecule is Cl.ON=C1CCCCCCC1. The summed E-state index contributed by atoms with van der Waals surface area (Å²) in [6, 6.07) is 0. The molecular weight excluding hydrogens is 162 g/mol. The molecule has 1 saturated carbocycles. The Kier molecular flexibility index (Phi) is 6.33. The largest absolute Gasteiger partial charge is 0.411 e. The van der Waals surface area contributed by atoms with Gasteiger partial charge in [0.25, 0.3) is 0 Å². The second kappa shape index (κ2) is 6.47. The van der Waals surface area contributed by atoms with Crippen LogP contribution < -0.4 is 0 Å². The molecule has 0 radical (unpaired) electrons. The average molecular weight is 178 g/mol.